The number of esters is 2. The largest absolute Gasteiger partial charge is 0.481 e. The van der Waals surface area contributed by atoms with Crippen LogP contribution in [0.25, 0.3) is 0 Å². The second-order valence-corrected chi connectivity index (χ2v) is 4.40. The summed E-state index contributed by atoms with van der Waals surface area (Å²) >= 11 is 0. The van der Waals surface area contributed by atoms with E-state index < -0.39 is 42.5 Å². The molecule has 2 N–H and O–H groups in total. The van der Waals surface area contributed by atoms with Gasteiger partial charge in [-0.05, 0) is 12.8 Å². The van der Waals surface area contributed by atoms with E-state index in [1.807, 2.05) is 0 Å². The van der Waals surface area contributed by atoms with E-state index >= 15 is 0 Å². The molecular formula is C13H20O8. The maximum absolute atomic E-state index is 11.5. The van der Waals surface area contributed by atoms with E-state index in [0.29, 0.717) is 12.8 Å². The van der Waals surface area contributed by atoms with Gasteiger partial charge in [-0.3, -0.25) is 19.2 Å². The summed E-state index contributed by atoms with van der Waals surface area (Å²) in [5.74, 6) is -7.30. The van der Waals surface area contributed by atoms with Crippen molar-refractivity contribution in [3.63, 3.8) is 0 Å². The number of ether oxygens (including phenoxy) is 2. The highest BCUT2D eigenvalue weighted by Crippen LogP contribution is 2.11. The van der Waals surface area contributed by atoms with Crippen LogP contribution in [0.4, 0.5) is 0 Å². The number of carbonyl (C=O) groups excluding carboxylic acids is 2. The van der Waals surface area contributed by atoms with Gasteiger partial charge in [0.05, 0.1) is 0 Å². The van der Waals surface area contributed by atoms with Gasteiger partial charge in [0.15, 0.2) is 11.8 Å². The van der Waals surface area contributed by atoms with Gasteiger partial charge in [-0.2, -0.15) is 0 Å². The van der Waals surface area contributed by atoms with Crippen LogP contribution in [-0.2, 0) is 28.7 Å². The minimum atomic E-state index is -1.32. The highest BCUT2D eigenvalue weighted by Gasteiger charge is 2.29. The molecule has 0 aromatic rings. The Morgan fingerprint density at radius 2 is 1.14 bits per heavy atom. The third-order valence-electron chi connectivity index (χ3n) is 2.72. The Labute approximate surface area is 122 Å². The predicted molar refractivity (Wildman–Crippen MR) is 69.1 cm³/mol. The van der Waals surface area contributed by atoms with E-state index in [2.05, 4.69) is 9.47 Å². The minimum Gasteiger partial charge on any atom is -0.481 e. The summed E-state index contributed by atoms with van der Waals surface area (Å²) in [5.41, 5.74) is 0. The molecule has 0 aliphatic heterocycles. The highest BCUT2D eigenvalue weighted by atomic mass is 16.7. The van der Waals surface area contributed by atoms with Crippen LogP contribution >= 0.6 is 0 Å². The molecule has 8 heteroatoms. The number of carboxylic acids is 2. The van der Waals surface area contributed by atoms with E-state index in [1.165, 1.54) is 0 Å². The summed E-state index contributed by atoms with van der Waals surface area (Å²) in [7, 11) is 0. The lowest BCUT2D eigenvalue weighted by molar-refractivity contribution is -0.176. The molecule has 0 aliphatic rings. The Balaban J connectivity index is 4.34. The molecule has 120 valence electrons. The zero-order valence-electron chi connectivity index (χ0n) is 12.0. The number of hydrogen-bond donors (Lipinski definition) is 2. The molecule has 0 fully saturated rings. The molecule has 0 bridgehead atoms. The molecule has 0 radical (unpaired) electrons. The first-order valence-electron chi connectivity index (χ1n) is 6.63. The molecule has 0 rings (SSSR count). The monoisotopic (exact) mass is 304 g/mol. The maximum Gasteiger partial charge on any atom is 0.323 e. The van der Waals surface area contributed by atoms with Gasteiger partial charge in [0, 0.05) is 0 Å². The summed E-state index contributed by atoms with van der Waals surface area (Å²) in [6.07, 6.45) is 1.16. The standard InChI is InChI=1S/C13H20O8/c1-3-5-8(10(14)15)12(18)20-7-21-13(19)9(6-4-2)11(16)17/h8-9H,3-7H2,1-2H3,(H,14,15)(H,16,17). The van der Waals surface area contributed by atoms with E-state index in [4.69, 9.17) is 10.2 Å². The van der Waals surface area contributed by atoms with Gasteiger partial charge in [-0.1, -0.05) is 26.7 Å². The molecule has 0 amide bonds. The molecule has 0 heterocycles. The normalized spacial score (nSPS) is 13.0. The zero-order valence-corrected chi connectivity index (χ0v) is 12.0. The second-order valence-electron chi connectivity index (χ2n) is 4.40. The fourth-order valence-corrected chi connectivity index (χ4v) is 1.61. The van der Waals surface area contributed by atoms with Crippen LogP contribution in [0.15, 0.2) is 0 Å². The van der Waals surface area contributed by atoms with Crippen LogP contribution in [0.1, 0.15) is 39.5 Å². The van der Waals surface area contributed by atoms with E-state index in [-0.39, 0.29) is 12.8 Å². The summed E-state index contributed by atoms with van der Waals surface area (Å²) in [4.78, 5) is 44.6. The molecule has 2 unspecified atom stereocenters. The lowest BCUT2D eigenvalue weighted by Crippen LogP contribution is -2.29. The molecule has 0 aromatic heterocycles. The number of carboxylic acid groups (broad SMARTS) is 2. The number of hydrogen-bond acceptors (Lipinski definition) is 6. The lowest BCUT2D eigenvalue weighted by atomic mass is 10.0. The van der Waals surface area contributed by atoms with Gasteiger partial charge in [-0.15, -0.1) is 0 Å². The molecular weight excluding hydrogens is 284 g/mol. The summed E-state index contributed by atoms with van der Waals surface area (Å²) in [5, 5.41) is 17.7. The first-order valence-corrected chi connectivity index (χ1v) is 6.63. The Bertz CT molecular complexity index is 354. The van der Waals surface area contributed by atoms with Crippen LogP contribution in [0, 0.1) is 11.8 Å². The predicted octanol–water partition coefficient (Wildman–Crippen LogP) is 1.03. The Morgan fingerprint density at radius 1 is 0.810 bits per heavy atom. The van der Waals surface area contributed by atoms with Crippen LogP contribution < -0.4 is 0 Å². The number of carbonyl (C=O) groups is 4. The van der Waals surface area contributed by atoms with Gasteiger partial charge in [0.2, 0.25) is 6.79 Å². The molecule has 21 heavy (non-hydrogen) atoms. The van der Waals surface area contributed by atoms with Crippen LogP contribution in [0.2, 0.25) is 0 Å². The van der Waals surface area contributed by atoms with Crippen LogP contribution in [0.5, 0.6) is 0 Å². The fraction of sp³-hybridized carbons (Fsp3) is 0.692. The van der Waals surface area contributed by atoms with E-state index in [1.54, 1.807) is 13.8 Å². The summed E-state index contributed by atoms with van der Waals surface area (Å²) in [6.45, 7) is 2.63. The van der Waals surface area contributed by atoms with Crippen molar-refractivity contribution >= 4 is 23.9 Å². The Kier molecular flexibility index (Phi) is 8.75. The van der Waals surface area contributed by atoms with Gasteiger partial charge >= 0.3 is 23.9 Å². The Hall–Kier alpha value is -2.12. The molecule has 8 nitrogen and oxygen atoms in total. The highest BCUT2D eigenvalue weighted by molar-refractivity contribution is 5.94. The van der Waals surface area contributed by atoms with Crippen LogP contribution in [-0.4, -0.2) is 40.9 Å². The third-order valence-corrected chi connectivity index (χ3v) is 2.72. The quantitative estimate of drug-likeness (QED) is 0.348. The molecule has 0 aliphatic carbocycles. The average molecular weight is 304 g/mol. The summed E-state index contributed by atoms with van der Waals surface area (Å²) < 4.78 is 9.08. The van der Waals surface area contributed by atoms with Crippen molar-refractivity contribution in [3.05, 3.63) is 0 Å². The molecule has 2 atom stereocenters. The second kappa shape index (κ2) is 9.73. The van der Waals surface area contributed by atoms with Crippen molar-refractivity contribution in [1.82, 2.24) is 0 Å². The summed E-state index contributed by atoms with van der Waals surface area (Å²) in [6, 6.07) is 0. The molecule has 0 saturated carbocycles. The first-order chi connectivity index (χ1) is 9.84. The Morgan fingerprint density at radius 3 is 1.38 bits per heavy atom. The van der Waals surface area contributed by atoms with Gasteiger partial charge in [-0.25, -0.2) is 0 Å². The van der Waals surface area contributed by atoms with Gasteiger partial charge < -0.3 is 19.7 Å². The van der Waals surface area contributed by atoms with Crippen molar-refractivity contribution in [2.75, 3.05) is 6.79 Å². The van der Waals surface area contributed by atoms with E-state index in [0.717, 1.165) is 0 Å². The van der Waals surface area contributed by atoms with Crippen LogP contribution in [0.3, 0.4) is 0 Å². The topological polar surface area (TPSA) is 127 Å². The third kappa shape index (κ3) is 6.73. The average Bonchev–Trinajstić information content (AvgIpc) is 2.40. The van der Waals surface area contributed by atoms with Gasteiger partial charge in [0.1, 0.15) is 0 Å². The smallest absolute Gasteiger partial charge is 0.323 e. The maximum atomic E-state index is 11.5. The fourth-order valence-electron chi connectivity index (χ4n) is 1.61. The molecule has 0 spiro atoms. The first kappa shape index (κ1) is 18.9. The van der Waals surface area contributed by atoms with Crippen molar-refractivity contribution in [3.8, 4) is 0 Å². The van der Waals surface area contributed by atoms with E-state index in [9.17, 15) is 19.2 Å². The molecule has 0 aromatic carbocycles. The molecule has 0 saturated heterocycles. The van der Waals surface area contributed by atoms with Gasteiger partial charge in [0.25, 0.3) is 0 Å². The lowest BCUT2D eigenvalue weighted by Gasteiger charge is -2.13. The minimum absolute atomic E-state index is 0.107. The van der Waals surface area contributed by atoms with Crippen molar-refractivity contribution in [2.45, 2.75) is 39.5 Å². The van der Waals surface area contributed by atoms with Crippen molar-refractivity contribution in [1.29, 1.82) is 0 Å². The SMILES string of the molecule is CCCC(C(=O)O)C(=O)OCOC(=O)C(CCC)C(=O)O. The van der Waals surface area contributed by atoms with Crippen molar-refractivity contribution < 1.29 is 38.9 Å². The zero-order chi connectivity index (χ0) is 16.4. The number of aliphatic carboxylic acids is 2. The van der Waals surface area contributed by atoms with Crippen molar-refractivity contribution in [2.24, 2.45) is 11.8 Å². The number of rotatable bonds is 10.